The Labute approximate surface area is 134 Å². The molecule has 1 N–H and O–H groups in total. The zero-order valence-electron chi connectivity index (χ0n) is 11.7. The number of hydrogen-bond acceptors (Lipinski definition) is 2. The van der Waals surface area contributed by atoms with E-state index in [9.17, 15) is 4.79 Å². The molecule has 0 fully saturated rings. The summed E-state index contributed by atoms with van der Waals surface area (Å²) in [6.07, 6.45) is 3.21. The molecule has 0 aliphatic carbocycles. The Balaban J connectivity index is 2.07. The second-order valence-corrected chi connectivity index (χ2v) is 5.99. The van der Waals surface area contributed by atoms with Crippen molar-refractivity contribution >= 4 is 41.0 Å². The maximum Gasteiger partial charge on any atom is 0.248 e. The molecule has 0 saturated heterocycles. The number of para-hydroxylation sites is 1. The largest absolute Gasteiger partial charge is 0.321 e. The summed E-state index contributed by atoms with van der Waals surface area (Å²) in [5.41, 5.74) is 1.66. The summed E-state index contributed by atoms with van der Waals surface area (Å²) in [7, 11) is 0. The Hall–Kier alpha value is -1.71. The van der Waals surface area contributed by atoms with Crippen LogP contribution in [0.1, 0.15) is 12.5 Å². The normalized spacial score (nSPS) is 10.8. The van der Waals surface area contributed by atoms with Crippen LogP contribution in [0.25, 0.3) is 6.08 Å². The molecule has 2 rings (SSSR count). The fraction of sp³-hybridized carbons (Fsp3) is 0.118. The molecule has 108 valence electrons. The van der Waals surface area contributed by atoms with Crippen LogP contribution in [0.4, 0.5) is 5.69 Å². The number of rotatable bonds is 5. The topological polar surface area (TPSA) is 29.1 Å². The maximum atomic E-state index is 12.0. The molecule has 2 nitrogen and oxygen atoms in total. The molecule has 0 radical (unpaired) electrons. The van der Waals surface area contributed by atoms with E-state index in [-0.39, 0.29) is 5.91 Å². The van der Waals surface area contributed by atoms with E-state index in [0.717, 1.165) is 21.9 Å². The average molecular weight is 318 g/mol. The van der Waals surface area contributed by atoms with Crippen LogP contribution in [-0.2, 0) is 4.79 Å². The lowest BCUT2D eigenvalue weighted by molar-refractivity contribution is -0.111. The standard InChI is InChI=1S/C17H16ClNOS/c1-2-21-16-10-6-5-9-15(16)19-17(20)12-11-13-7-3-4-8-14(13)18/h3-12H,2H2,1H3,(H,19,20)/b12-11+. The number of carbonyl (C=O) groups excluding carboxylic acids is 1. The van der Waals surface area contributed by atoms with E-state index in [1.807, 2.05) is 42.5 Å². The lowest BCUT2D eigenvalue weighted by Gasteiger charge is -2.08. The van der Waals surface area contributed by atoms with Crippen molar-refractivity contribution in [3.8, 4) is 0 Å². The van der Waals surface area contributed by atoms with Crippen molar-refractivity contribution in [1.29, 1.82) is 0 Å². The van der Waals surface area contributed by atoms with E-state index in [1.165, 1.54) is 6.08 Å². The third-order valence-corrected chi connectivity index (χ3v) is 4.06. The minimum absolute atomic E-state index is 0.168. The van der Waals surface area contributed by atoms with E-state index in [1.54, 1.807) is 23.9 Å². The molecule has 0 aliphatic heterocycles. The summed E-state index contributed by atoms with van der Waals surface area (Å²) < 4.78 is 0. The van der Waals surface area contributed by atoms with Crippen LogP contribution in [0.15, 0.2) is 59.5 Å². The van der Waals surface area contributed by atoms with Crippen LogP contribution in [0.2, 0.25) is 5.02 Å². The van der Waals surface area contributed by atoms with Crippen LogP contribution in [0, 0.1) is 0 Å². The summed E-state index contributed by atoms with van der Waals surface area (Å²) in [5.74, 6) is 0.793. The van der Waals surface area contributed by atoms with Gasteiger partial charge >= 0.3 is 0 Å². The Morgan fingerprint density at radius 1 is 1.19 bits per heavy atom. The molecule has 21 heavy (non-hydrogen) atoms. The second-order valence-electron chi connectivity index (χ2n) is 4.27. The lowest BCUT2D eigenvalue weighted by Crippen LogP contribution is -2.08. The summed E-state index contributed by atoms with van der Waals surface area (Å²) in [6.45, 7) is 2.08. The first-order valence-corrected chi connectivity index (χ1v) is 8.02. The van der Waals surface area contributed by atoms with Gasteiger partial charge in [0.15, 0.2) is 0 Å². The SMILES string of the molecule is CCSc1ccccc1NC(=O)/C=C/c1ccccc1Cl. The first kappa shape index (κ1) is 15.7. The number of halogens is 1. The van der Waals surface area contributed by atoms with E-state index in [4.69, 9.17) is 11.6 Å². The maximum absolute atomic E-state index is 12.0. The van der Waals surface area contributed by atoms with Gasteiger partial charge in [0.05, 0.1) is 5.69 Å². The van der Waals surface area contributed by atoms with Crippen LogP contribution < -0.4 is 5.32 Å². The van der Waals surface area contributed by atoms with Gasteiger partial charge in [-0.1, -0.05) is 48.9 Å². The monoisotopic (exact) mass is 317 g/mol. The smallest absolute Gasteiger partial charge is 0.248 e. The molecule has 2 aromatic carbocycles. The summed E-state index contributed by atoms with van der Waals surface area (Å²) >= 11 is 7.75. The van der Waals surface area contributed by atoms with Crippen molar-refractivity contribution in [3.63, 3.8) is 0 Å². The zero-order valence-corrected chi connectivity index (χ0v) is 13.2. The first-order valence-electron chi connectivity index (χ1n) is 6.66. The van der Waals surface area contributed by atoms with Gasteiger partial charge in [-0.15, -0.1) is 11.8 Å². The fourth-order valence-corrected chi connectivity index (χ4v) is 2.76. The summed E-state index contributed by atoms with van der Waals surface area (Å²) in [4.78, 5) is 13.1. The van der Waals surface area contributed by atoms with Gasteiger partial charge in [0.2, 0.25) is 5.91 Å². The highest BCUT2D eigenvalue weighted by molar-refractivity contribution is 7.99. The molecular formula is C17H16ClNOS. The van der Waals surface area contributed by atoms with Crippen LogP contribution in [0.5, 0.6) is 0 Å². The average Bonchev–Trinajstić information content (AvgIpc) is 2.49. The third kappa shape index (κ3) is 4.66. The van der Waals surface area contributed by atoms with E-state index in [0.29, 0.717) is 5.02 Å². The van der Waals surface area contributed by atoms with Crippen molar-refractivity contribution in [1.82, 2.24) is 0 Å². The van der Waals surface area contributed by atoms with Crippen LogP contribution in [-0.4, -0.2) is 11.7 Å². The molecule has 0 saturated carbocycles. The van der Waals surface area contributed by atoms with Gasteiger partial charge in [-0.25, -0.2) is 0 Å². The first-order chi connectivity index (χ1) is 10.2. The summed E-state index contributed by atoms with van der Waals surface area (Å²) in [6, 6.07) is 15.2. The molecule has 0 heterocycles. The molecule has 0 aromatic heterocycles. The van der Waals surface area contributed by atoms with E-state index >= 15 is 0 Å². The van der Waals surface area contributed by atoms with Crippen molar-refractivity contribution in [3.05, 3.63) is 65.2 Å². The van der Waals surface area contributed by atoms with Crippen molar-refractivity contribution in [2.45, 2.75) is 11.8 Å². The van der Waals surface area contributed by atoms with Gasteiger partial charge in [-0.05, 0) is 35.6 Å². The predicted octanol–water partition coefficient (Wildman–Crippen LogP) is 5.10. The number of amides is 1. The molecule has 0 spiro atoms. The lowest BCUT2D eigenvalue weighted by atomic mass is 10.2. The van der Waals surface area contributed by atoms with Gasteiger partial charge in [0.1, 0.15) is 0 Å². The van der Waals surface area contributed by atoms with Gasteiger partial charge in [0, 0.05) is 16.0 Å². The minimum atomic E-state index is -0.168. The number of hydrogen-bond donors (Lipinski definition) is 1. The zero-order chi connectivity index (χ0) is 15.1. The highest BCUT2D eigenvalue weighted by Crippen LogP contribution is 2.26. The van der Waals surface area contributed by atoms with Crippen molar-refractivity contribution in [2.24, 2.45) is 0 Å². The molecule has 0 atom stereocenters. The molecular weight excluding hydrogens is 302 g/mol. The third-order valence-electron chi connectivity index (χ3n) is 2.76. The van der Waals surface area contributed by atoms with Crippen LogP contribution in [0.3, 0.4) is 0 Å². The molecule has 0 bridgehead atoms. The van der Waals surface area contributed by atoms with Crippen molar-refractivity contribution < 1.29 is 4.79 Å². The fourth-order valence-electron chi connectivity index (χ4n) is 1.80. The Morgan fingerprint density at radius 2 is 1.90 bits per heavy atom. The van der Waals surface area contributed by atoms with Gasteiger partial charge < -0.3 is 5.32 Å². The molecule has 4 heteroatoms. The summed E-state index contributed by atoms with van der Waals surface area (Å²) in [5, 5.41) is 3.52. The quantitative estimate of drug-likeness (QED) is 0.613. The molecule has 0 unspecified atom stereocenters. The highest BCUT2D eigenvalue weighted by atomic mass is 35.5. The highest BCUT2D eigenvalue weighted by Gasteiger charge is 2.04. The Bertz CT molecular complexity index is 655. The Kier molecular flexibility index (Phi) is 5.90. The number of thioether (sulfide) groups is 1. The Morgan fingerprint density at radius 3 is 2.67 bits per heavy atom. The molecule has 0 aliphatic rings. The molecule has 1 amide bonds. The van der Waals surface area contributed by atoms with Crippen LogP contribution >= 0.6 is 23.4 Å². The minimum Gasteiger partial charge on any atom is -0.321 e. The van der Waals surface area contributed by atoms with E-state index < -0.39 is 0 Å². The molecule has 2 aromatic rings. The number of anilines is 1. The number of benzene rings is 2. The number of carbonyl (C=O) groups is 1. The van der Waals surface area contributed by atoms with Crippen molar-refractivity contribution in [2.75, 3.05) is 11.1 Å². The van der Waals surface area contributed by atoms with Gasteiger partial charge in [-0.2, -0.15) is 0 Å². The van der Waals surface area contributed by atoms with Gasteiger partial charge in [0.25, 0.3) is 0 Å². The number of nitrogens with one attached hydrogen (secondary N) is 1. The van der Waals surface area contributed by atoms with Gasteiger partial charge in [-0.3, -0.25) is 4.79 Å². The second kappa shape index (κ2) is 7.91. The van der Waals surface area contributed by atoms with E-state index in [2.05, 4.69) is 12.2 Å². The predicted molar refractivity (Wildman–Crippen MR) is 92.0 cm³/mol.